The zero-order chi connectivity index (χ0) is 20.6. The minimum atomic E-state index is -3.66. The van der Waals surface area contributed by atoms with Gasteiger partial charge in [0.1, 0.15) is 25.4 Å². The monoisotopic (exact) mass is 414 g/mol. The Morgan fingerprint density at radius 3 is 2.55 bits per heavy atom. The highest BCUT2D eigenvalue weighted by Crippen LogP contribution is 2.36. The summed E-state index contributed by atoms with van der Waals surface area (Å²) in [5.74, 6) is 2.00. The van der Waals surface area contributed by atoms with Crippen LogP contribution in [0.25, 0.3) is 11.1 Å². The number of sulfonamides is 1. The van der Waals surface area contributed by atoms with Gasteiger partial charge in [-0.3, -0.25) is 0 Å². The fourth-order valence-electron chi connectivity index (χ4n) is 3.25. The van der Waals surface area contributed by atoms with Crippen molar-refractivity contribution in [2.75, 3.05) is 20.3 Å². The maximum Gasteiger partial charge on any atom is 0.243 e. The Kier molecular flexibility index (Phi) is 5.01. The third kappa shape index (κ3) is 3.70. The lowest BCUT2D eigenvalue weighted by Crippen LogP contribution is -2.27. The molecule has 8 nitrogen and oxygen atoms in total. The molecular formula is C20H22N4O4S. The van der Waals surface area contributed by atoms with Crippen LogP contribution < -0.4 is 9.47 Å². The standard InChI is InChI=1S/C20H22N4O4S/c1-14-10-16(29(25,26)24(3)12-20-22-21-13-23(20)2)5-6-17(14)15-4-7-18-19(11-15)28-9-8-27-18/h4-7,10-11,13H,8-9,12H2,1-3H3. The number of nitrogens with zero attached hydrogens (tertiary/aromatic N) is 4. The molecule has 0 bridgehead atoms. The van der Waals surface area contributed by atoms with Gasteiger partial charge < -0.3 is 14.0 Å². The molecule has 152 valence electrons. The lowest BCUT2D eigenvalue weighted by atomic mass is 10.0. The number of ether oxygens (including phenoxy) is 2. The number of rotatable bonds is 5. The van der Waals surface area contributed by atoms with Crippen molar-refractivity contribution < 1.29 is 17.9 Å². The van der Waals surface area contributed by atoms with Crippen LogP contribution in [-0.4, -0.2) is 47.7 Å². The number of hydrogen-bond donors (Lipinski definition) is 0. The summed E-state index contributed by atoms with van der Waals surface area (Å²) in [4.78, 5) is 0.237. The van der Waals surface area contributed by atoms with E-state index in [1.54, 1.807) is 30.1 Å². The molecule has 0 aliphatic carbocycles. The summed E-state index contributed by atoms with van der Waals surface area (Å²) in [6, 6.07) is 10.9. The minimum Gasteiger partial charge on any atom is -0.486 e. The van der Waals surface area contributed by atoms with Gasteiger partial charge in [-0.15, -0.1) is 10.2 Å². The lowest BCUT2D eigenvalue weighted by molar-refractivity contribution is 0.171. The number of aromatic nitrogens is 3. The summed E-state index contributed by atoms with van der Waals surface area (Å²) >= 11 is 0. The maximum atomic E-state index is 13.0. The molecule has 0 unspecified atom stereocenters. The minimum absolute atomic E-state index is 0.141. The second-order valence-corrected chi connectivity index (χ2v) is 9.00. The molecule has 0 spiro atoms. The smallest absolute Gasteiger partial charge is 0.243 e. The largest absolute Gasteiger partial charge is 0.486 e. The molecule has 9 heteroatoms. The number of aryl methyl sites for hydroxylation is 2. The molecule has 0 N–H and O–H groups in total. The average Bonchev–Trinajstić information content (AvgIpc) is 3.12. The Hall–Kier alpha value is -2.91. The Balaban J connectivity index is 1.62. The predicted octanol–water partition coefficient (Wildman–Crippen LogP) is 2.38. The SMILES string of the molecule is Cc1cc(S(=O)(=O)N(C)Cc2nncn2C)ccc1-c1ccc2c(c1)OCCO2. The van der Waals surface area contributed by atoms with Crippen LogP contribution in [0.1, 0.15) is 11.4 Å². The van der Waals surface area contributed by atoms with E-state index in [0.717, 1.165) is 22.4 Å². The first-order valence-corrected chi connectivity index (χ1v) is 10.6. The Bertz CT molecular complexity index is 1160. The number of fused-ring (bicyclic) bond motifs is 1. The van der Waals surface area contributed by atoms with Gasteiger partial charge in [0.15, 0.2) is 11.5 Å². The third-order valence-electron chi connectivity index (χ3n) is 4.93. The van der Waals surface area contributed by atoms with E-state index in [0.29, 0.717) is 24.8 Å². The fraction of sp³-hybridized carbons (Fsp3) is 0.300. The summed E-state index contributed by atoms with van der Waals surface area (Å²) in [6.45, 7) is 3.10. The molecule has 1 aromatic heterocycles. The zero-order valence-electron chi connectivity index (χ0n) is 16.5. The van der Waals surface area contributed by atoms with Gasteiger partial charge in [-0.1, -0.05) is 12.1 Å². The van der Waals surface area contributed by atoms with Crippen LogP contribution in [0.3, 0.4) is 0 Å². The van der Waals surface area contributed by atoms with E-state index in [-0.39, 0.29) is 11.4 Å². The van der Waals surface area contributed by atoms with Gasteiger partial charge in [0.2, 0.25) is 10.0 Å². The van der Waals surface area contributed by atoms with Gasteiger partial charge in [0, 0.05) is 14.1 Å². The van der Waals surface area contributed by atoms with E-state index in [1.165, 1.54) is 11.4 Å². The first kappa shape index (κ1) is 19.4. The zero-order valence-corrected chi connectivity index (χ0v) is 17.3. The Morgan fingerprint density at radius 2 is 1.86 bits per heavy atom. The van der Waals surface area contributed by atoms with E-state index < -0.39 is 10.0 Å². The highest BCUT2D eigenvalue weighted by molar-refractivity contribution is 7.89. The van der Waals surface area contributed by atoms with Crippen LogP contribution in [0.5, 0.6) is 11.5 Å². The van der Waals surface area contributed by atoms with Crippen molar-refractivity contribution in [3.8, 4) is 22.6 Å². The molecule has 3 aromatic rings. The van der Waals surface area contributed by atoms with Crippen molar-refractivity contribution >= 4 is 10.0 Å². The molecule has 1 aliphatic rings. The molecule has 4 rings (SSSR count). The van der Waals surface area contributed by atoms with Gasteiger partial charge in [0.25, 0.3) is 0 Å². The Morgan fingerprint density at radius 1 is 1.10 bits per heavy atom. The third-order valence-corrected chi connectivity index (χ3v) is 6.73. The molecular weight excluding hydrogens is 392 g/mol. The van der Waals surface area contributed by atoms with E-state index in [1.807, 2.05) is 31.2 Å². The van der Waals surface area contributed by atoms with Crippen LogP contribution in [0.15, 0.2) is 47.6 Å². The average molecular weight is 414 g/mol. The van der Waals surface area contributed by atoms with Crippen molar-refractivity contribution in [3.05, 3.63) is 54.1 Å². The second kappa shape index (κ2) is 7.49. The molecule has 0 saturated carbocycles. The topological polar surface area (TPSA) is 86.6 Å². The molecule has 0 atom stereocenters. The normalized spacial score (nSPS) is 13.7. The van der Waals surface area contributed by atoms with Crippen LogP contribution in [-0.2, 0) is 23.6 Å². The summed E-state index contributed by atoms with van der Waals surface area (Å²) in [7, 11) is -0.344. The van der Waals surface area contributed by atoms with Gasteiger partial charge >= 0.3 is 0 Å². The predicted molar refractivity (Wildman–Crippen MR) is 107 cm³/mol. The van der Waals surface area contributed by atoms with Crippen molar-refractivity contribution in [1.29, 1.82) is 0 Å². The summed E-state index contributed by atoms with van der Waals surface area (Å²) in [5.41, 5.74) is 2.75. The quantitative estimate of drug-likeness (QED) is 0.637. The van der Waals surface area contributed by atoms with Crippen molar-refractivity contribution in [2.24, 2.45) is 7.05 Å². The van der Waals surface area contributed by atoms with Gasteiger partial charge in [-0.05, 0) is 47.9 Å². The number of benzene rings is 2. The molecule has 0 radical (unpaired) electrons. The molecule has 2 aromatic carbocycles. The molecule has 1 aliphatic heterocycles. The van der Waals surface area contributed by atoms with Crippen molar-refractivity contribution in [1.82, 2.24) is 19.1 Å². The van der Waals surface area contributed by atoms with Gasteiger partial charge in [0.05, 0.1) is 11.4 Å². The molecule has 29 heavy (non-hydrogen) atoms. The molecule has 0 amide bonds. The Labute approximate surface area is 169 Å². The maximum absolute atomic E-state index is 13.0. The lowest BCUT2D eigenvalue weighted by Gasteiger charge is -2.20. The highest BCUT2D eigenvalue weighted by atomic mass is 32.2. The van der Waals surface area contributed by atoms with Gasteiger partial charge in [-0.25, -0.2) is 8.42 Å². The van der Waals surface area contributed by atoms with E-state index in [4.69, 9.17) is 9.47 Å². The molecule has 0 saturated heterocycles. The van der Waals surface area contributed by atoms with E-state index >= 15 is 0 Å². The van der Waals surface area contributed by atoms with E-state index in [2.05, 4.69) is 10.2 Å². The van der Waals surface area contributed by atoms with Crippen LogP contribution in [0.4, 0.5) is 0 Å². The fourth-order valence-corrected chi connectivity index (χ4v) is 4.46. The molecule has 0 fully saturated rings. The van der Waals surface area contributed by atoms with Crippen LogP contribution in [0, 0.1) is 6.92 Å². The van der Waals surface area contributed by atoms with E-state index in [9.17, 15) is 8.42 Å². The second-order valence-electron chi connectivity index (χ2n) is 6.95. The number of hydrogen-bond acceptors (Lipinski definition) is 6. The summed E-state index contributed by atoms with van der Waals surface area (Å²) in [5, 5.41) is 7.75. The van der Waals surface area contributed by atoms with Crippen LogP contribution >= 0.6 is 0 Å². The van der Waals surface area contributed by atoms with Crippen molar-refractivity contribution in [2.45, 2.75) is 18.4 Å². The van der Waals surface area contributed by atoms with Gasteiger partial charge in [-0.2, -0.15) is 4.31 Å². The summed E-state index contributed by atoms with van der Waals surface area (Å²) < 4.78 is 40.2. The highest BCUT2D eigenvalue weighted by Gasteiger charge is 2.23. The van der Waals surface area contributed by atoms with Crippen molar-refractivity contribution in [3.63, 3.8) is 0 Å². The summed E-state index contributed by atoms with van der Waals surface area (Å²) in [6.07, 6.45) is 1.54. The molecule has 2 heterocycles. The first-order chi connectivity index (χ1) is 13.9. The van der Waals surface area contributed by atoms with Crippen LogP contribution in [0.2, 0.25) is 0 Å². The first-order valence-electron chi connectivity index (χ1n) is 9.16.